The lowest BCUT2D eigenvalue weighted by Crippen LogP contribution is -2.37. The van der Waals surface area contributed by atoms with Gasteiger partial charge in [-0.05, 0) is 116 Å². The van der Waals surface area contributed by atoms with E-state index in [1.807, 2.05) is 0 Å². The van der Waals surface area contributed by atoms with E-state index in [4.69, 9.17) is 11.5 Å². The maximum Gasteiger partial charge on any atom is 0.0789 e. The molecule has 0 heterocycles. The van der Waals surface area contributed by atoms with Crippen LogP contribution >= 0.6 is 0 Å². The molecule has 0 rings (SSSR count). The zero-order chi connectivity index (χ0) is 43.7. The lowest BCUT2D eigenvalue weighted by molar-refractivity contribution is 0.115. The first-order chi connectivity index (χ1) is 29.6. The number of nitrogens with zero attached hydrogens (tertiary/aromatic N) is 2. The third-order valence-corrected chi connectivity index (χ3v) is 12.0. The summed E-state index contributed by atoms with van der Waals surface area (Å²) in [5.41, 5.74) is 11.5. The highest BCUT2D eigenvalue weighted by Crippen LogP contribution is 2.14. The number of rotatable bonds is 49. The van der Waals surface area contributed by atoms with Gasteiger partial charge >= 0.3 is 0 Å². The lowest BCUT2D eigenvalue weighted by Gasteiger charge is -2.24. The number of aliphatic hydroxyl groups excluding tert-OH is 2. The van der Waals surface area contributed by atoms with Crippen molar-refractivity contribution < 1.29 is 10.2 Å². The second-order valence-corrected chi connectivity index (χ2v) is 18.1. The van der Waals surface area contributed by atoms with Crippen LogP contribution in [0, 0.1) is 0 Å². The van der Waals surface area contributed by atoms with Crippen LogP contribution < -0.4 is 11.5 Å². The molecule has 2 unspecified atom stereocenters. The maximum absolute atomic E-state index is 10.2. The number of aliphatic hydroxyl groups is 2. The highest BCUT2D eigenvalue weighted by molar-refractivity contribution is 4.93. The quantitative estimate of drug-likeness (QED) is 0.0360. The molecule has 0 fully saturated rings. The van der Waals surface area contributed by atoms with Crippen molar-refractivity contribution in [2.45, 2.75) is 244 Å². The fourth-order valence-corrected chi connectivity index (χ4v) is 8.07. The van der Waals surface area contributed by atoms with Gasteiger partial charge in [-0.25, -0.2) is 0 Å². The van der Waals surface area contributed by atoms with Crippen LogP contribution in [0.15, 0.2) is 48.6 Å². The Kier molecular flexibility index (Phi) is 49.3. The Labute approximate surface area is 375 Å². The summed E-state index contributed by atoms with van der Waals surface area (Å²) in [7, 11) is 0. The Bertz CT molecular complexity index is 863. The van der Waals surface area contributed by atoms with Gasteiger partial charge in [-0.3, -0.25) is 0 Å². The van der Waals surface area contributed by atoms with E-state index in [9.17, 15) is 10.2 Å². The van der Waals surface area contributed by atoms with Crippen LogP contribution in [0.5, 0.6) is 0 Å². The molecule has 6 N–H and O–H groups in total. The van der Waals surface area contributed by atoms with Gasteiger partial charge in [-0.15, -0.1) is 0 Å². The van der Waals surface area contributed by atoms with Crippen LogP contribution in [0.4, 0.5) is 0 Å². The second-order valence-electron chi connectivity index (χ2n) is 18.1. The van der Waals surface area contributed by atoms with Gasteiger partial charge in [0.2, 0.25) is 0 Å². The first-order valence-corrected chi connectivity index (χ1v) is 26.4. The molecular formula is C54H106N4O2. The molecule has 0 aliphatic rings. The van der Waals surface area contributed by atoms with Gasteiger partial charge in [0.15, 0.2) is 0 Å². The molecule has 0 aromatic carbocycles. The topological polar surface area (TPSA) is 99.0 Å². The maximum atomic E-state index is 10.2. The minimum atomic E-state index is -0.407. The van der Waals surface area contributed by atoms with Gasteiger partial charge in [-0.1, -0.05) is 191 Å². The van der Waals surface area contributed by atoms with E-state index in [-0.39, 0.29) is 0 Å². The first kappa shape index (κ1) is 58.7. The molecule has 0 aliphatic heterocycles. The van der Waals surface area contributed by atoms with Crippen molar-refractivity contribution in [1.29, 1.82) is 0 Å². The molecule has 0 aromatic rings. The molecule has 0 aromatic heterocycles. The number of hydrogen-bond donors (Lipinski definition) is 4. The standard InChI is InChI=1S/C54H106N4O2/c1-3-5-7-9-11-13-15-17-19-21-23-25-29-33-37-41-45-57(51-53(59)49-55)47-43-39-35-31-27-28-32-36-40-44-48-58(52-54(60)50-56)46-42-38-34-30-26-24-22-20-18-16-14-12-10-8-6-4-2/h11-14,17-20,53-54,59-60H,3-10,15-16,21-52,55-56H2,1-2H3/b13-11-,14-12-,19-17+,20-18+. The van der Waals surface area contributed by atoms with Crippen molar-refractivity contribution >= 4 is 0 Å². The molecule has 0 saturated heterocycles. The van der Waals surface area contributed by atoms with Gasteiger partial charge in [0.1, 0.15) is 0 Å². The Morgan fingerprint density at radius 1 is 0.333 bits per heavy atom. The van der Waals surface area contributed by atoms with Gasteiger partial charge < -0.3 is 31.5 Å². The Morgan fingerprint density at radius 2 is 0.567 bits per heavy atom. The van der Waals surface area contributed by atoms with Crippen molar-refractivity contribution in [3.63, 3.8) is 0 Å². The molecule has 60 heavy (non-hydrogen) atoms. The smallest absolute Gasteiger partial charge is 0.0789 e. The van der Waals surface area contributed by atoms with Gasteiger partial charge in [-0.2, -0.15) is 0 Å². The summed E-state index contributed by atoms with van der Waals surface area (Å²) in [5, 5.41) is 20.5. The monoisotopic (exact) mass is 843 g/mol. The Hall–Kier alpha value is -1.28. The molecule has 354 valence electrons. The molecule has 6 heteroatoms. The molecule has 0 aliphatic carbocycles. The Balaban J connectivity index is 3.88. The van der Waals surface area contributed by atoms with E-state index in [1.54, 1.807) is 0 Å². The average Bonchev–Trinajstić information content (AvgIpc) is 3.25. The zero-order valence-corrected chi connectivity index (χ0v) is 40.4. The lowest BCUT2D eigenvalue weighted by atomic mass is 10.1. The number of hydrogen-bond acceptors (Lipinski definition) is 6. The van der Waals surface area contributed by atoms with Gasteiger partial charge in [0.05, 0.1) is 12.2 Å². The summed E-state index contributed by atoms with van der Waals surface area (Å²) in [6.45, 7) is 11.0. The van der Waals surface area contributed by atoms with Crippen molar-refractivity contribution in [2.24, 2.45) is 11.5 Å². The molecular weight excluding hydrogens is 737 g/mol. The third kappa shape index (κ3) is 46.2. The highest BCUT2D eigenvalue weighted by Gasteiger charge is 2.11. The van der Waals surface area contributed by atoms with Crippen LogP contribution in [-0.2, 0) is 0 Å². The van der Waals surface area contributed by atoms with Crippen LogP contribution in [0.1, 0.15) is 232 Å². The first-order valence-electron chi connectivity index (χ1n) is 26.4. The third-order valence-electron chi connectivity index (χ3n) is 12.0. The molecule has 0 spiro atoms. The summed E-state index contributed by atoms with van der Waals surface area (Å²) >= 11 is 0. The van der Waals surface area contributed by atoms with Crippen molar-refractivity contribution in [2.75, 3.05) is 52.4 Å². The van der Waals surface area contributed by atoms with Crippen molar-refractivity contribution in [3.05, 3.63) is 48.6 Å². The van der Waals surface area contributed by atoms with Crippen molar-refractivity contribution in [3.8, 4) is 0 Å². The summed E-state index contributed by atoms with van der Waals surface area (Å²) in [6.07, 6.45) is 61.7. The zero-order valence-electron chi connectivity index (χ0n) is 40.4. The van der Waals surface area contributed by atoms with Gasteiger partial charge in [0, 0.05) is 26.2 Å². The molecule has 0 bridgehead atoms. The predicted molar refractivity (Wildman–Crippen MR) is 268 cm³/mol. The van der Waals surface area contributed by atoms with Crippen LogP contribution in [0.2, 0.25) is 0 Å². The predicted octanol–water partition coefficient (Wildman–Crippen LogP) is 13.8. The number of unbranched alkanes of at least 4 members (excludes halogenated alkanes) is 27. The summed E-state index contributed by atoms with van der Waals surface area (Å²) in [5.74, 6) is 0. The van der Waals surface area contributed by atoms with E-state index in [2.05, 4.69) is 72.3 Å². The van der Waals surface area contributed by atoms with E-state index in [1.165, 1.54) is 205 Å². The van der Waals surface area contributed by atoms with E-state index in [0.717, 1.165) is 52.1 Å². The fourth-order valence-electron chi connectivity index (χ4n) is 8.07. The fraction of sp³-hybridized carbons (Fsp3) is 0.852. The van der Waals surface area contributed by atoms with Crippen molar-refractivity contribution in [1.82, 2.24) is 9.80 Å². The number of nitrogens with two attached hydrogens (primary N) is 2. The largest absolute Gasteiger partial charge is 0.390 e. The minimum absolute atomic E-state index is 0.354. The van der Waals surface area contributed by atoms with Crippen LogP contribution in [0.3, 0.4) is 0 Å². The van der Waals surface area contributed by atoms with E-state index >= 15 is 0 Å². The molecule has 6 nitrogen and oxygen atoms in total. The van der Waals surface area contributed by atoms with E-state index in [0.29, 0.717) is 13.1 Å². The van der Waals surface area contributed by atoms with Crippen LogP contribution in [-0.4, -0.2) is 84.6 Å². The highest BCUT2D eigenvalue weighted by atomic mass is 16.3. The molecule has 0 amide bonds. The van der Waals surface area contributed by atoms with Gasteiger partial charge in [0.25, 0.3) is 0 Å². The average molecular weight is 843 g/mol. The summed E-state index contributed by atoms with van der Waals surface area (Å²) < 4.78 is 0. The summed E-state index contributed by atoms with van der Waals surface area (Å²) in [6, 6.07) is 0. The SMILES string of the molecule is CCCCC/C=C\C/C=C/CCCCCCCCN(CCCCCCCCCCCCN(CCCCCCCC/C=C/C/C=C\CCCCC)CC(O)CN)CC(O)CN. The molecule has 2 atom stereocenters. The Morgan fingerprint density at radius 3 is 0.817 bits per heavy atom. The molecule has 0 radical (unpaired) electrons. The number of allylic oxidation sites excluding steroid dienone is 8. The normalized spacial score (nSPS) is 13.5. The minimum Gasteiger partial charge on any atom is -0.390 e. The van der Waals surface area contributed by atoms with E-state index < -0.39 is 12.2 Å². The molecule has 0 saturated carbocycles. The van der Waals surface area contributed by atoms with Crippen LogP contribution in [0.25, 0.3) is 0 Å². The second kappa shape index (κ2) is 50.4. The summed E-state index contributed by atoms with van der Waals surface area (Å²) in [4.78, 5) is 4.94.